The number of aliphatic hydroxyl groups excluding tert-OH is 1. The minimum Gasteiger partial charge on any atom is -0.365 e. The van der Waals surface area contributed by atoms with Crippen molar-refractivity contribution in [2.75, 3.05) is 0 Å². The van der Waals surface area contributed by atoms with E-state index in [0.717, 1.165) is 5.56 Å². The van der Waals surface area contributed by atoms with E-state index in [1.54, 1.807) is 13.8 Å². The minimum absolute atomic E-state index is 0.383. The third-order valence-corrected chi connectivity index (χ3v) is 2.20. The van der Waals surface area contributed by atoms with E-state index in [-0.39, 0.29) is 6.10 Å². The summed E-state index contributed by atoms with van der Waals surface area (Å²) in [6.45, 7) is 3.58. The maximum Gasteiger partial charge on any atom is 0.188 e. The SMILES string of the molecule is CC1(C)OC(c2ccccc2)[C@@H](O)O1. The summed E-state index contributed by atoms with van der Waals surface area (Å²) in [6, 6.07) is 9.58. The summed E-state index contributed by atoms with van der Waals surface area (Å²) in [5.41, 5.74) is 0.936. The van der Waals surface area contributed by atoms with Crippen molar-refractivity contribution in [1.29, 1.82) is 0 Å². The standard InChI is InChI=1S/C11H14O3/c1-11(2)13-9(10(12)14-11)8-6-4-3-5-7-8/h3-7,9-10,12H,1-2H3/t9?,10-/m0/s1. The zero-order chi connectivity index (χ0) is 10.2. The number of benzene rings is 1. The predicted octanol–water partition coefficient (Wildman–Crippen LogP) is 1.83. The van der Waals surface area contributed by atoms with Crippen molar-refractivity contribution in [2.45, 2.75) is 32.0 Å². The molecule has 1 aromatic rings. The molecule has 14 heavy (non-hydrogen) atoms. The molecule has 1 aliphatic rings. The highest BCUT2D eigenvalue weighted by Gasteiger charge is 2.40. The van der Waals surface area contributed by atoms with Gasteiger partial charge in [0.05, 0.1) is 0 Å². The predicted molar refractivity (Wildman–Crippen MR) is 51.4 cm³/mol. The van der Waals surface area contributed by atoms with Crippen LogP contribution in [-0.4, -0.2) is 17.2 Å². The van der Waals surface area contributed by atoms with E-state index in [0.29, 0.717) is 0 Å². The molecule has 1 aromatic carbocycles. The topological polar surface area (TPSA) is 38.7 Å². The van der Waals surface area contributed by atoms with Crippen molar-refractivity contribution in [3.05, 3.63) is 35.9 Å². The van der Waals surface area contributed by atoms with Gasteiger partial charge < -0.3 is 14.6 Å². The van der Waals surface area contributed by atoms with E-state index in [1.165, 1.54) is 0 Å². The summed E-state index contributed by atoms with van der Waals surface area (Å²) in [5, 5.41) is 9.63. The fraction of sp³-hybridized carbons (Fsp3) is 0.455. The van der Waals surface area contributed by atoms with Crippen LogP contribution in [0.25, 0.3) is 0 Å². The van der Waals surface area contributed by atoms with Gasteiger partial charge in [0.1, 0.15) is 6.10 Å². The second kappa shape index (κ2) is 3.35. The molecule has 1 heterocycles. The Bertz CT molecular complexity index is 308. The van der Waals surface area contributed by atoms with Gasteiger partial charge in [0, 0.05) is 0 Å². The van der Waals surface area contributed by atoms with Crippen LogP contribution in [0.15, 0.2) is 30.3 Å². The van der Waals surface area contributed by atoms with Crippen LogP contribution >= 0.6 is 0 Å². The Morgan fingerprint density at radius 2 is 1.79 bits per heavy atom. The Hall–Kier alpha value is -0.900. The lowest BCUT2D eigenvalue weighted by molar-refractivity contribution is -0.174. The molecule has 2 atom stereocenters. The van der Waals surface area contributed by atoms with Crippen LogP contribution in [0.5, 0.6) is 0 Å². The van der Waals surface area contributed by atoms with Gasteiger partial charge in [0.25, 0.3) is 0 Å². The first-order valence-electron chi connectivity index (χ1n) is 4.67. The highest BCUT2D eigenvalue weighted by Crippen LogP contribution is 2.36. The summed E-state index contributed by atoms with van der Waals surface area (Å²) >= 11 is 0. The monoisotopic (exact) mass is 194 g/mol. The third-order valence-electron chi connectivity index (χ3n) is 2.20. The van der Waals surface area contributed by atoms with E-state index in [9.17, 15) is 5.11 Å². The van der Waals surface area contributed by atoms with Gasteiger partial charge in [-0.3, -0.25) is 0 Å². The van der Waals surface area contributed by atoms with Crippen LogP contribution in [0.2, 0.25) is 0 Å². The molecule has 2 rings (SSSR count). The van der Waals surface area contributed by atoms with Crippen LogP contribution in [0.1, 0.15) is 25.5 Å². The Morgan fingerprint density at radius 1 is 1.14 bits per heavy atom. The average molecular weight is 194 g/mol. The normalized spacial score (nSPS) is 30.5. The van der Waals surface area contributed by atoms with Crippen molar-refractivity contribution >= 4 is 0 Å². The molecule has 3 heteroatoms. The molecule has 0 aromatic heterocycles. The second-order valence-electron chi connectivity index (χ2n) is 3.86. The molecule has 1 saturated heterocycles. The molecule has 0 aliphatic carbocycles. The van der Waals surface area contributed by atoms with Crippen LogP contribution in [0.3, 0.4) is 0 Å². The zero-order valence-electron chi connectivity index (χ0n) is 8.31. The highest BCUT2D eigenvalue weighted by atomic mass is 16.8. The van der Waals surface area contributed by atoms with Gasteiger partial charge in [-0.25, -0.2) is 0 Å². The van der Waals surface area contributed by atoms with Crippen molar-refractivity contribution in [3.8, 4) is 0 Å². The van der Waals surface area contributed by atoms with Gasteiger partial charge in [0.15, 0.2) is 12.1 Å². The molecular weight excluding hydrogens is 180 g/mol. The van der Waals surface area contributed by atoms with Gasteiger partial charge in [0.2, 0.25) is 0 Å². The van der Waals surface area contributed by atoms with E-state index < -0.39 is 12.1 Å². The molecule has 76 valence electrons. The molecule has 0 amide bonds. The summed E-state index contributed by atoms with van der Waals surface area (Å²) in [5.74, 6) is -0.708. The Kier molecular flexibility index (Phi) is 2.31. The average Bonchev–Trinajstić information content (AvgIpc) is 2.41. The van der Waals surface area contributed by atoms with Crippen molar-refractivity contribution in [1.82, 2.24) is 0 Å². The maximum atomic E-state index is 9.63. The lowest BCUT2D eigenvalue weighted by Crippen LogP contribution is -2.21. The van der Waals surface area contributed by atoms with Crippen LogP contribution in [-0.2, 0) is 9.47 Å². The fourth-order valence-corrected chi connectivity index (χ4v) is 1.62. The molecule has 1 N–H and O–H groups in total. The number of rotatable bonds is 1. The molecule has 0 bridgehead atoms. The molecule has 0 spiro atoms. The zero-order valence-corrected chi connectivity index (χ0v) is 8.31. The number of hydrogen-bond donors (Lipinski definition) is 1. The van der Waals surface area contributed by atoms with Crippen molar-refractivity contribution in [3.63, 3.8) is 0 Å². The van der Waals surface area contributed by atoms with Crippen LogP contribution in [0, 0.1) is 0 Å². The number of hydrogen-bond acceptors (Lipinski definition) is 3. The molecule has 1 aliphatic heterocycles. The molecule has 1 fully saturated rings. The first kappa shape index (κ1) is 9.65. The summed E-state index contributed by atoms with van der Waals surface area (Å²) in [4.78, 5) is 0. The Labute approximate surface area is 83.3 Å². The Morgan fingerprint density at radius 3 is 2.29 bits per heavy atom. The van der Waals surface area contributed by atoms with E-state index in [1.807, 2.05) is 30.3 Å². The highest BCUT2D eigenvalue weighted by molar-refractivity contribution is 5.18. The largest absolute Gasteiger partial charge is 0.365 e. The van der Waals surface area contributed by atoms with Crippen LogP contribution < -0.4 is 0 Å². The van der Waals surface area contributed by atoms with Crippen molar-refractivity contribution in [2.24, 2.45) is 0 Å². The van der Waals surface area contributed by atoms with Gasteiger partial charge in [-0.15, -0.1) is 0 Å². The number of aliphatic hydroxyl groups is 1. The van der Waals surface area contributed by atoms with Gasteiger partial charge in [-0.05, 0) is 19.4 Å². The molecule has 0 radical (unpaired) electrons. The van der Waals surface area contributed by atoms with Crippen LogP contribution in [0.4, 0.5) is 0 Å². The fourth-order valence-electron chi connectivity index (χ4n) is 1.62. The maximum absolute atomic E-state index is 9.63. The summed E-state index contributed by atoms with van der Waals surface area (Å²) in [7, 11) is 0. The third kappa shape index (κ3) is 1.80. The van der Waals surface area contributed by atoms with Gasteiger partial charge in [-0.2, -0.15) is 0 Å². The van der Waals surface area contributed by atoms with Gasteiger partial charge in [-0.1, -0.05) is 30.3 Å². The number of ether oxygens (including phenoxy) is 2. The summed E-state index contributed by atoms with van der Waals surface area (Å²) < 4.78 is 10.8. The molecular formula is C11H14O3. The lowest BCUT2D eigenvalue weighted by atomic mass is 10.1. The van der Waals surface area contributed by atoms with E-state index in [4.69, 9.17) is 9.47 Å². The van der Waals surface area contributed by atoms with Crippen molar-refractivity contribution < 1.29 is 14.6 Å². The molecule has 3 nitrogen and oxygen atoms in total. The smallest absolute Gasteiger partial charge is 0.188 e. The molecule has 0 saturated carbocycles. The van der Waals surface area contributed by atoms with E-state index >= 15 is 0 Å². The Balaban J connectivity index is 2.21. The van der Waals surface area contributed by atoms with Gasteiger partial charge >= 0.3 is 0 Å². The lowest BCUT2D eigenvalue weighted by Gasteiger charge is -2.16. The first-order chi connectivity index (χ1) is 6.58. The minimum atomic E-state index is -0.882. The first-order valence-corrected chi connectivity index (χ1v) is 4.67. The second-order valence-corrected chi connectivity index (χ2v) is 3.86. The quantitative estimate of drug-likeness (QED) is 0.741. The van der Waals surface area contributed by atoms with E-state index in [2.05, 4.69) is 0 Å². The molecule has 1 unspecified atom stereocenters. The summed E-state index contributed by atoms with van der Waals surface area (Å²) in [6.07, 6.45) is -1.27.